The lowest BCUT2D eigenvalue weighted by molar-refractivity contribution is 0.0928. The van der Waals surface area contributed by atoms with E-state index in [2.05, 4.69) is 15.3 Å². The zero-order valence-corrected chi connectivity index (χ0v) is 17.6. The minimum Gasteiger partial charge on any atom is -0.342 e. The van der Waals surface area contributed by atoms with Gasteiger partial charge in [-0.05, 0) is 43.7 Å². The molecule has 0 bridgehead atoms. The number of hydrogen-bond donors (Lipinski definition) is 1. The normalized spacial score (nSPS) is 19.8. The Bertz CT molecular complexity index is 974. The quantitative estimate of drug-likeness (QED) is 0.773. The van der Waals surface area contributed by atoms with E-state index in [9.17, 15) is 13.2 Å². The monoisotopic (exact) mass is 417 g/mol. The highest BCUT2D eigenvalue weighted by atomic mass is 32.2. The Morgan fingerprint density at radius 1 is 1.17 bits per heavy atom. The number of carbonyl (C=O) groups is 1. The molecule has 29 heavy (non-hydrogen) atoms. The largest absolute Gasteiger partial charge is 0.342 e. The molecule has 156 valence electrons. The lowest BCUT2D eigenvalue weighted by atomic mass is 9.94. The van der Waals surface area contributed by atoms with Crippen molar-refractivity contribution < 1.29 is 13.2 Å². The molecular formula is C20H27N5O3S. The lowest BCUT2D eigenvalue weighted by Gasteiger charge is -2.29. The maximum atomic E-state index is 12.8. The van der Waals surface area contributed by atoms with E-state index in [0.29, 0.717) is 24.6 Å². The summed E-state index contributed by atoms with van der Waals surface area (Å²) in [5.41, 5.74) is 1.44. The van der Waals surface area contributed by atoms with E-state index in [0.717, 1.165) is 37.2 Å². The molecule has 1 aliphatic carbocycles. The van der Waals surface area contributed by atoms with Crippen molar-refractivity contribution in [3.63, 3.8) is 0 Å². The van der Waals surface area contributed by atoms with E-state index in [-0.39, 0.29) is 17.9 Å². The predicted molar refractivity (Wildman–Crippen MR) is 109 cm³/mol. The number of imidazole rings is 1. The molecule has 3 heterocycles. The third kappa shape index (κ3) is 4.51. The number of piperidine rings is 1. The van der Waals surface area contributed by atoms with Crippen LogP contribution in [0.4, 0.5) is 0 Å². The second-order valence-electron chi connectivity index (χ2n) is 8.09. The number of nitrogens with zero attached hydrogens (tertiary/aromatic N) is 4. The summed E-state index contributed by atoms with van der Waals surface area (Å²) >= 11 is 0. The summed E-state index contributed by atoms with van der Waals surface area (Å²) in [6.07, 6.45) is 10.2. The number of hydrogen-bond acceptors (Lipinski definition) is 5. The Labute approximate surface area is 171 Å². The van der Waals surface area contributed by atoms with Gasteiger partial charge in [0.25, 0.3) is 5.91 Å². The second kappa shape index (κ2) is 7.87. The van der Waals surface area contributed by atoms with Gasteiger partial charge in [-0.1, -0.05) is 0 Å². The summed E-state index contributed by atoms with van der Waals surface area (Å²) in [4.78, 5) is 21.7. The molecule has 1 unspecified atom stereocenters. The first-order valence-corrected chi connectivity index (χ1v) is 11.9. The first kappa shape index (κ1) is 20.0. The topological polar surface area (TPSA) is 97.2 Å². The van der Waals surface area contributed by atoms with Crippen LogP contribution in [0.5, 0.6) is 0 Å². The summed E-state index contributed by atoms with van der Waals surface area (Å²) in [5.74, 6) is 1.39. The van der Waals surface area contributed by atoms with Crippen LogP contribution in [0.2, 0.25) is 0 Å². The Balaban J connectivity index is 1.40. The van der Waals surface area contributed by atoms with Gasteiger partial charge in [-0.2, -0.15) is 0 Å². The number of pyridine rings is 1. The molecule has 8 nitrogen and oxygen atoms in total. The van der Waals surface area contributed by atoms with Crippen LogP contribution in [-0.4, -0.2) is 52.5 Å². The summed E-state index contributed by atoms with van der Waals surface area (Å²) < 4.78 is 26.8. The third-order valence-electron chi connectivity index (χ3n) is 5.91. The Morgan fingerprint density at radius 2 is 1.90 bits per heavy atom. The first-order chi connectivity index (χ1) is 13.8. The van der Waals surface area contributed by atoms with Crippen LogP contribution in [0.1, 0.15) is 59.5 Å². The number of aryl methyl sites for hydroxylation is 1. The van der Waals surface area contributed by atoms with E-state index in [1.165, 1.54) is 10.6 Å². The highest BCUT2D eigenvalue weighted by Crippen LogP contribution is 2.40. The van der Waals surface area contributed by atoms with E-state index in [1.807, 2.05) is 29.9 Å². The van der Waals surface area contributed by atoms with Crippen LogP contribution in [0.15, 0.2) is 30.7 Å². The van der Waals surface area contributed by atoms with Crippen molar-refractivity contribution in [2.24, 2.45) is 13.0 Å². The molecular weight excluding hydrogens is 390 g/mol. The van der Waals surface area contributed by atoms with Crippen LogP contribution in [0, 0.1) is 5.92 Å². The number of carbonyl (C=O) groups excluding carboxylic acids is 1. The average molecular weight is 418 g/mol. The second-order valence-corrected chi connectivity index (χ2v) is 10.1. The molecule has 2 fully saturated rings. The van der Waals surface area contributed by atoms with E-state index in [1.54, 1.807) is 12.4 Å². The van der Waals surface area contributed by atoms with Crippen molar-refractivity contribution in [1.29, 1.82) is 0 Å². The number of nitrogens with one attached hydrogen (secondary N) is 1. The fourth-order valence-corrected chi connectivity index (χ4v) is 4.86. The maximum absolute atomic E-state index is 12.8. The Kier molecular flexibility index (Phi) is 5.44. The minimum atomic E-state index is -3.13. The highest BCUT2D eigenvalue weighted by Gasteiger charge is 2.36. The molecule has 9 heteroatoms. The fourth-order valence-electron chi connectivity index (χ4n) is 3.99. The van der Waals surface area contributed by atoms with Gasteiger partial charge in [-0.15, -0.1) is 0 Å². The van der Waals surface area contributed by atoms with Gasteiger partial charge in [-0.3, -0.25) is 9.78 Å². The molecule has 2 aromatic rings. The summed E-state index contributed by atoms with van der Waals surface area (Å²) in [6, 6.07) is 3.62. The molecule has 1 N–H and O–H groups in total. The van der Waals surface area contributed by atoms with Crippen molar-refractivity contribution in [2.45, 2.75) is 37.6 Å². The molecule has 1 saturated carbocycles. The number of sulfonamides is 1. The maximum Gasteiger partial charge on any atom is 0.253 e. The van der Waals surface area contributed by atoms with Crippen molar-refractivity contribution in [2.75, 3.05) is 19.3 Å². The zero-order valence-electron chi connectivity index (χ0n) is 16.8. The number of aromatic nitrogens is 3. The van der Waals surface area contributed by atoms with Gasteiger partial charge in [0, 0.05) is 50.3 Å². The lowest BCUT2D eigenvalue weighted by Crippen LogP contribution is -2.37. The number of rotatable bonds is 6. The van der Waals surface area contributed by atoms with Crippen LogP contribution in [0.3, 0.4) is 0 Å². The van der Waals surface area contributed by atoms with Gasteiger partial charge < -0.3 is 9.88 Å². The van der Waals surface area contributed by atoms with Gasteiger partial charge in [0.2, 0.25) is 10.0 Å². The van der Waals surface area contributed by atoms with Gasteiger partial charge >= 0.3 is 0 Å². The molecule has 1 amide bonds. The van der Waals surface area contributed by atoms with Crippen molar-refractivity contribution in [1.82, 2.24) is 24.2 Å². The molecule has 1 aliphatic heterocycles. The SMILES string of the molecule is Cn1ccnc1C(NC(=O)c1ccc(C2CCN(S(C)(=O)=O)CC2)nc1)C1CC1. The fraction of sp³-hybridized carbons (Fsp3) is 0.550. The van der Waals surface area contributed by atoms with E-state index >= 15 is 0 Å². The van der Waals surface area contributed by atoms with Crippen LogP contribution >= 0.6 is 0 Å². The Morgan fingerprint density at radius 3 is 2.41 bits per heavy atom. The van der Waals surface area contributed by atoms with Crippen LogP contribution in [0.25, 0.3) is 0 Å². The molecule has 4 rings (SSSR count). The van der Waals surface area contributed by atoms with Gasteiger partial charge in [0.1, 0.15) is 5.82 Å². The van der Waals surface area contributed by atoms with E-state index < -0.39 is 10.0 Å². The number of amides is 1. The molecule has 2 aromatic heterocycles. The Hall–Kier alpha value is -2.26. The zero-order chi connectivity index (χ0) is 20.6. The van der Waals surface area contributed by atoms with Crippen molar-refractivity contribution >= 4 is 15.9 Å². The summed E-state index contributed by atoms with van der Waals surface area (Å²) in [7, 11) is -1.19. The molecule has 0 radical (unpaired) electrons. The summed E-state index contributed by atoms with van der Waals surface area (Å²) in [5, 5.41) is 3.12. The standard InChI is InChI=1S/C20H27N5O3S/c1-24-12-9-21-19(24)18(15-3-4-15)23-20(26)16-5-6-17(22-13-16)14-7-10-25(11-8-14)29(2,27)28/h5-6,9,12-15,18H,3-4,7-8,10-11H2,1-2H3,(H,23,26). The smallest absolute Gasteiger partial charge is 0.253 e. The van der Waals surface area contributed by atoms with E-state index in [4.69, 9.17) is 0 Å². The first-order valence-electron chi connectivity index (χ1n) is 10.0. The third-order valence-corrected chi connectivity index (χ3v) is 7.21. The molecule has 0 spiro atoms. The summed E-state index contributed by atoms with van der Waals surface area (Å²) in [6.45, 7) is 1.03. The van der Waals surface area contributed by atoms with Gasteiger partial charge in [-0.25, -0.2) is 17.7 Å². The molecule has 1 atom stereocenters. The van der Waals surface area contributed by atoms with Crippen LogP contribution in [-0.2, 0) is 17.1 Å². The highest BCUT2D eigenvalue weighted by molar-refractivity contribution is 7.88. The average Bonchev–Trinajstić information content (AvgIpc) is 3.46. The minimum absolute atomic E-state index is 0.0810. The van der Waals surface area contributed by atoms with Gasteiger partial charge in [0.15, 0.2) is 0 Å². The molecule has 1 saturated heterocycles. The molecule has 2 aliphatic rings. The predicted octanol–water partition coefficient (Wildman–Crippen LogP) is 1.84. The van der Waals surface area contributed by atoms with Crippen LogP contribution < -0.4 is 5.32 Å². The molecule has 0 aromatic carbocycles. The van der Waals surface area contributed by atoms with Gasteiger partial charge in [0.05, 0.1) is 17.9 Å². The van der Waals surface area contributed by atoms with Crippen molar-refractivity contribution in [3.05, 3.63) is 47.8 Å². The van der Waals surface area contributed by atoms with Crippen molar-refractivity contribution in [3.8, 4) is 0 Å².